The van der Waals surface area contributed by atoms with Crippen LogP contribution in [0.1, 0.15) is 160 Å². The molecule has 396 valence electrons. The van der Waals surface area contributed by atoms with Crippen LogP contribution in [0.3, 0.4) is 0 Å². The highest BCUT2D eigenvalue weighted by Crippen LogP contribution is 2.54. The molecule has 12 nitrogen and oxygen atoms in total. The molecular weight excluding hydrogens is 1120 g/mol. The molecule has 0 radical (unpaired) electrons. The molecule has 8 bridgehead atoms. The Hall–Kier alpha value is -8.20. The van der Waals surface area contributed by atoms with Crippen LogP contribution in [0.15, 0.2) is 142 Å². The van der Waals surface area contributed by atoms with E-state index in [1.165, 1.54) is 12.1 Å². The summed E-state index contributed by atoms with van der Waals surface area (Å²) < 4.78 is 24.9. The molecule has 0 saturated carbocycles. The first-order valence-electron chi connectivity index (χ1n) is 25.1. The van der Waals surface area contributed by atoms with Crippen molar-refractivity contribution in [2.45, 2.75) is 79.1 Å². The lowest BCUT2D eigenvalue weighted by Crippen LogP contribution is -2.16. The monoisotopic (exact) mass is 1170 g/mol. The first-order chi connectivity index (χ1) is 37.1. The number of hydrogen-bond donors (Lipinski definition) is 4. The van der Waals surface area contributed by atoms with Gasteiger partial charge in [-0.1, -0.05) is 98.5 Å². The molecule has 8 aromatic rings. The van der Waals surface area contributed by atoms with Gasteiger partial charge in [-0.25, -0.2) is 19.2 Å². The summed E-state index contributed by atoms with van der Waals surface area (Å²) in [5.41, 5.74) is 6.85. The molecule has 0 saturated heterocycles. The third-order valence-corrected chi connectivity index (χ3v) is 16.0. The molecule has 0 heterocycles. The van der Waals surface area contributed by atoms with E-state index in [2.05, 4.69) is 31.9 Å². The number of aryl methyl sites for hydroxylation is 4. The summed E-state index contributed by atoms with van der Waals surface area (Å²) in [5, 5.41) is 48.4. The molecule has 0 aliphatic heterocycles. The Morgan fingerprint density at radius 2 is 0.500 bits per heavy atom. The Kier molecular flexibility index (Phi) is 15.4. The van der Waals surface area contributed by atoms with Crippen LogP contribution in [0.25, 0.3) is 0 Å². The first kappa shape index (κ1) is 54.6. The predicted molar refractivity (Wildman–Crippen MR) is 302 cm³/mol. The lowest BCUT2D eigenvalue weighted by molar-refractivity contribution is 0.0711. The fourth-order valence-electron chi connectivity index (χ4n) is 9.62. The molecule has 0 fully saturated rings. The Labute approximate surface area is 468 Å². The standard InChI is InChI=1S/C64H54Br2O12/c1-31-9-17-39(18-10-31)61(71)75-51-29-52(76-62(72)40-19-11-32(2)12-20-40)44-25-43(51)35(5)47-27-48(58(68)55(65)57(47)67)37(7)45-26-46(38(8)50-28-49(36(44)6)59(69)56(66)60(50)70)54(78-64(74)42-23-15-34(4)16-24-42)30-53(45)77-63(73)41-21-13-33(3)14-22-41/h9-30,35-38,67-70H,1-8H3. The van der Waals surface area contributed by atoms with Crippen molar-refractivity contribution >= 4 is 55.7 Å². The second kappa shape index (κ2) is 22.0. The van der Waals surface area contributed by atoms with Crippen molar-refractivity contribution in [3.63, 3.8) is 0 Å². The van der Waals surface area contributed by atoms with Crippen molar-refractivity contribution < 1.29 is 58.6 Å². The number of rotatable bonds is 8. The molecule has 14 heteroatoms. The molecule has 4 unspecified atom stereocenters. The maximum Gasteiger partial charge on any atom is 0.343 e. The average molecular weight is 1170 g/mol. The molecule has 1 aliphatic carbocycles. The third-order valence-electron chi connectivity index (χ3n) is 14.5. The fraction of sp³-hybridized carbons (Fsp3) is 0.188. The van der Waals surface area contributed by atoms with Crippen LogP contribution in [0.4, 0.5) is 0 Å². The third kappa shape index (κ3) is 10.7. The van der Waals surface area contributed by atoms with Gasteiger partial charge in [-0.05, 0) is 132 Å². The van der Waals surface area contributed by atoms with Crippen molar-refractivity contribution in [2.24, 2.45) is 0 Å². The smallest absolute Gasteiger partial charge is 0.343 e. The number of esters is 4. The Morgan fingerprint density at radius 3 is 0.692 bits per heavy atom. The van der Waals surface area contributed by atoms with Crippen LogP contribution in [0, 0.1) is 27.7 Å². The number of benzene rings is 8. The number of hydrogen-bond acceptors (Lipinski definition) is 12. The quantitative estimate of drug-likeness (QED) is 0.0835. The van der Waals surface area contributed by atoms with E-state index in [1.54, 1.807) is 149 Å². The van der Waals surface area contributed by atoms with Gasteiger partial charge in [0.1, 0.15) is 54.9 Å². The number of phenolic OH excluding ortho intramolecular Hbond substituents is 4. The Morgan fingerprint density at radius 1 is 0.321 bits per heavy atom. The van der Waals surface area contributed by atoms with Gasteiger partial charge in [-0.15, -0.1) is 0 Å². The van der Waals surface area contributed by atoms with Crippen LogP contribution in [0.2, 0.25) is 0 Å². The zero-order chi connectivity index (χ0) is 56.0. The van der Waals surface area contributed by atoms with Gasteiger partial charge in [0, 0.05) is 80.3 Å². The number of halogens is 2. The number of aromatic hydroxyl groups is 4. The molecule has 0 spiro atoms. The fourth-order valence-corrected chi connectivity index (χ4v) is 10.5. The van der Waals surface area contributed by atoms with Gasteiger partial charge in [-0.2, -0.15) is 0 Å². The van der Waals surface area contributed by atoms with Crippen molar-refractivity contribution in [1.29, 1.82) is 0 Å². The average Bonchev–Trinajstić information content (AvgIpc) is 3.47. The summed E-state index contributed by atoms with van der Waals surface area (Å²) in [4.78, 5) is 56.6. The van der Waals surface area contributed by atoms with Gasteiger partial charge in [0.2, 0.25) is 0 Å². The second-order valence-corrected chi connectivity index (χ2v) is 21.5. The summed E-state index contributed by atoms with van der Waals surface area (Å²) in [6.07, 6.45) is 0. The highest BCUT2D eigenvalue weighted by molar-refractivity contribution is 9.11. The summed E-state index contributed by atoms with van der Waals surface area (Å²) in [6.45, 7) is 14.6. The van der Waals surface area contributed by atoms with Gasteiger partial charge in [0.15, 0.2) is 0 Å². The molecule has 1 aliphatic rings. The molecule has 78 heavy (non-hydrogen) atoms. The van der Waals surface area contributed by atoms with E-state index in [1.807, 2.05) is 27.7 Å². The van der Waals surface area contributed by atoms with Crippen LogP contribution in [0.5, 0.6) is 46.0 Å². The minimum absolute atomic E-state index is 0.0359. The lowest BCUT2D eigenvalue weighted by Gasteiger charge is -2.28. The normalized spacial score (nSPS) is 15.7. The molecule has 0 aromatic heterocycles. The summed E-state index contributed by atoms with van der Waals surface area (Å²) >= 11 is 6.93. The van der Waals surface area contributed by atoms with Gasteiger partial charge in [0.05, 0.1) is 22.3 Å². The number of carbonyl (C=O) groups excluding carboxylic acids is 4. The summed E-state index contributed by atoms with van der Waals surface area (Å²) in [7, 11) is 0. The van der Waals surface area contributed by atoms with Crippen molar-refractivity contribution in [3.8, 4) is 46.0 Å². The molecule has 0 amide bonds. The second-order valence-electron chi connectivity index (χ2n) is 19.9. The Balaban J connectivity index is 1.33. The minimum atomic E-state index is -0.886. The van der Waals surface area contributed by atoms with Crippen LogP contribution < -0.4 is 18.9 Å². The van der Waals surface area contributed by atoms with Crippen LogP contribution in [-0.2, 0) is 0 Å². The largest absolute Gasteiger partial charge is 0.506 e. The molecular formula is C64H54Br2O12. The van der Waals surface area contributed by atoms with Gasteiger partial charge in [-0.3, -0.25) is 0 Å². The number of phenols is 4. The van der Waals surface area contributed by atoms with E-state index in [0.717, 1.165) is 22.3 Å². The summed E-state index contributed by atoms with van der Waals surface area (Å²) in [5.74, 6) is -8.01. The zero-order valence-corrected chi connectivity index (χ0v) is 47.0. The van der Waals surface area contributed by atoms with E-state index in [0.29, 0.717) is 22.3 Å². The van der Waals surface area contributed by atoms with Crippen LogP contribution >= 0.6 is 31.9 Å². The predicted octanol–water partition coefficient (Wildman–Crippen LogP) is 15.1. The molecule has 9 rings (SSSR count). The van der Waals surface area contributed by atoms with E-state index < -0.39 is 47.5 Å². The number of fused-ring (bicyclic) bond motifs is 8. The van der Waals surface area contributed by atoms with E-state index in [9.17, 15) is 39.6 Å². The minimum Gasteiger partial charge on any atom is -0.506 e. The van der Waals surface area contributed by atoms with Crippen molar-refractivity contribution in [1.82, 2.24) is 0 Å². The van der Waals surface area contributed by atoms with Gasteiger partial charge in [0.25, 0.3) is 0 Å². The maximum atomic E-state index is 14.2. The van der Waals surface area contributed by atoms with E-state index >= 15 is 0 Å². The van der Waals surface area contributed by atoms with Gasteiger partial charge >= 0.3 is 23.9 Å². The Bertz CT molecular complexity index is 3230. The van der Waals surface area contributed by atoms with Crippen molar-refractivity contribution in [3.05, 3.63) is 231 Å². The SMILES string of the molecule is Cc1ccc(C(=O)Oc2cc(OC(=O)c3ccc(C)cc3)c3cc2C(C)c2cc(c(O)c(Br)c2O)C(C)c2cc(c(OC(=O)c4ccc(C)cc4)cc2OC(=O)c2ccc(C)cc2)C(C)c2cc(c(O)c(Br)c2O)C3C)cc1. The summed E-state index contributed by atoms with van der Waals surface area (Å²) in [6, 6.07) is 36.6. The molecule has 4 atom stereocenters. The molecule has 8 aromatic carbocycles. The van der Waals surface area contributed by atoms with Crippen molar-refractivity contribution in [2.75, 3.05) is 0 Å². The number of ether oxygens (including phenoxy) is 4. The van der Waals surface area contributed by atoms with E-state index in [4.69, 9.17) is 18.9 Å². The number of carbonyl (C=O) groups is 4. The van der Waals surface area contributed by atoms with E-state index in [-0.39, 0.29) is 99.4 Å². The first-order valence-corrected chi connectivity index (χ1v) is 26.7. The lowest BCUT2D eigenvalue weighted by atomic mass is 9.80. The van der Waals surface area contributed by atoms with Gasteiger partial charge < -0.3 is 39.4 Å². The van der Waals surface area contributed by atoms with Crippen LogP contribution in [-0.4, -0.2) is 44.3 Å². The maximum absolute atomic E-state index is 14.2. The topological polar surface area (TPSA) is 186 Å². The zero-order valence-electron chi connectivity index (χ0n) is 43.8. The highest BCUT2D eigenvalue weighted by Gasteiger charge is 2.34. The molecule has 4 N–H and O–H groups in total. The highest BCUT2D eigenvalue weighted by atomic mass is 79.9.